The monoisotopic (exact) mass is 261 g/mol. The van der Waals surface area contributed by atoms with Gasteiger partial charge in [-0.3, -0.25) is 4.79 Å². The highest BCUT2D eigenvalue weighted by molar-refractivity contribution is 5.92. The molecule has 0 bridgehead atoms. The lowest BCUT2D eigenvalue weighted by Crippen LogP contribution is -2.33. The minimum Gasteiger partial charge on any atom is -0.496 e. The first-order chi connectivity index (χ1) is 8.99. The molecule has 0 aliphatic carbocycles. The average Bonchev–Trinajstić information content (AvgIpc) is 2.43. The van der Waals surface area contributed by atoms with E-state index in [-0.39, 0.29) is 11.9 Å². The van der Waals surface area contributed by atoms with E-state index in [9.17, 15) is 4.79 Å². The van der Waals surface area contributed by atoms with Crippen molar-refractivity contribution in [3.8, 4) is 5.75 Å². The molecule has 0 aliphatic rings. The first-order valence-corrected chi connectivity index (χ1v) is 6.59. The van der Waals surface area contributed by atoms with Crippen molar-refractivity contribution in [2.75, 3.05) is 14.2 Å². The Bertz CT molecular complexity index is 466. The van der Waals surface area contributed by atoms with Crippen LogP contribution in [-0.4, -0.2) is 31.0 Å². The minimum absolute atomic E-state index is 0.0120. The van der Waals surface area contributed by atoms with Gasteiger partial charge < -0.3 is 9.64 Å². The molecule has 1 unspecified atom stereocenters. The van der Waals surface area contributed by atoms with Gasteiger partial charge in [0.1, 0.15) is 5.75 Å². The molecule has 0 N–H and O–H groups in total. The van der Waals surface area contributed by atoms with Crippen LogP contribution in [0, 0.1) is 6.92 Å². The number of amides is 1. The van der Waals surface area contributed by atoms with Crippen molar-refractivity contribution in [3.63, 3.8) is 0 Å². The van der Waals surface area contributed by atoms with Crippen LogP contribution in [0.25, 0.3) is 6.08 Å². The first kappa shape index (κ1) is 15.3. The smallest absolute Gasteiger partial charge is 0.246 e. The van der Waals surface area contributed by atoms with E-state index in [4.69, 9.17) is 4.74 Å². The van der Waals surface area contributed by atoms with Crippen molar-refractivity contribution in [1.82, 2.24) is 4.90 Å². The lowest BCUT2D eigenvalue weighted by molar-refractivity contribution is -0.126. The summed E-state index contributed by atoms with van der Waals surface area (Å²) in [6, 6.07) is 6.16. The molecule has 0 aromatic heterocycles. The number of ether oxygens (including phenoxy) is 1. The third kappa shape index (κ3) is 4.12. The third-order valence-electron chi connectivity index (χ3n) is 3.39. The summed E-state index contributed by atoms with van der Waals surface area (Å²) in [6.07, 6.45) is 4.36. The van der Waals surface area contributed by atoms with Crippen LogP contribution in [0.2, 0.25) is 0 Å². The van der Waals surface area contributed by atoms with Gasteiger partial charge in [0, 0.05) is 24.7 Å². The van der Waals surface area contributed by atoms with Gasteiger partial charge in [-0.2, -0.15) is 0 Å². The molecule has 0 aliphatic heterocycles. The van der Waals surface area contributed by atoms with Crippen LogP contribution < -0.4 is 4.74 Å². The average molecular weight is 261 g/mol. The first-order valence-electron chi connectivity index (χ1n) is 6.59. The predicted octanol–water partition coefficient (Wildman–Crippen LogP) is 3.27. The van der Waals surface area contributed by atoms with Crippen LogP contribution in [0.4, 0.5) is 0 Å². The van der Waals surface area contributed by atoms with Gasteiger partial charge in [0.05, 0.1) is 7.11 Å². The molecule has 104 valence electrons. The Hall–Kier alpha value is -1.77. The number of carbonyl (C=O) groups is 1. The second-order valence-corrected chi connectivity index (χ2v) is 4.79. The summed E-state index contributed by atoms with van der Waals surface area (Å²) in [6.45, 7) is 6.13. The van der Waals surface area contributed by atoms with Gasteiger partial charge in [-0.15, -0.1) is 0 Å². The summed E-state index contributed by atoms with van der Waals surface area (Å²) in [5.41, 5.74) is 2.07. The van der Waals surface area contributed by atoms with Crippen LogP contribution in [0.5, 0.6) is 5.75 Å². The molecule has 0 spiro atoms. The molecular weight excluding hydrogens is 238 g/mol. The van der Waals surface area contributed by atoms with Gasteiger partial charge in [-0.25, -0.2) is 0 Å². The second-order valence-electron chi connectivity index (χ2n) is 4.79. The molecule has 0 fully saturated rings. The zero-order valence-corrected chi connectivity index (χ0v) is 12.4. The molecule has 1 amide bonds. The SMILES string of the molecule is CCC(C)N(C)C(=O)/C=C/c1cc(C)ccc1OC. The Morgan fingerprint density at radius 3 is 2.74 bits per heavy atom. The van der Waals surface area contributed by atoms with Crippen LogP contribution >= 0.6 is 0 Å². The largest absolute Gasteiger partial charge is 0.496 e. The molecule has 19 heavy (non-hydrogen) atoms. The summed E-state index contributed by atoms with van der Waals surface area (Å²) in [7, 11) is 3.46. The highest BCUT2D eigenvalue weighted by atomic mass is 16.5. The van der Waals surface area contributed by atoms with Crippen molar-refractivity contribution < 1.29 is 9.53 Å². The van der Waals surface area contributed by atoms with E-state index in [2.05, 4.69) is 6.92 Å². The molecule has 3 nitrogen and oxygen atoms in total. The predicted molar refractivity (Wildman–Crippen MR) is 79.3 cm³/mol. The Morgan fingerprint density at radius 2 is 2.16 bits per heavy atom. The van der Waals surface area contributed by atoms with Crippen LogP contribution in [0.1, 0.15) is 31.4 Å². The molecule has 1 atom stereocenters. The van der Waals surface area contributed by atoms with Crippen molar-refractivity contribution in [2.45, 2.75) is 33.2 Å². The highest BCUT2D eigenvalue weighted by Crippen LogP contribution is 2.21. The van der Waals surface area contributed by atoms with Gasteiger partial charge in [0.25, 0.3) is 0 Å². The number of likely N-dealkylation sites (N-methyl/N-ethyl adjacent to an activating group) is 1. The molecule has 0 radical (unpaired) electrons. The minimum atomic E-state index is 0.0120. The summed E-state index contributed by atoms with van der Waals surface area (Å²) >= 11 is 0. The van der Waals surface area contributed by atoms with E-state index < -0.39 is 0 Å². The number of carbonyl (C=O) groups excluding carboxylic acids is 1. The molecule has 1 aromatic rings. The fourth-order valence-electron chi connectivity index (χ4n) is 1.75. The van der Waals surface area contributed by atoms with Crippen molar-refractivity contribution in [3.05, 3.63) is 35.4 Å². The molecule has 0 saturated carbocycles. The van der Waals surface area contributed by atoms with Crippen molar-refractivity contribution >= 4 is 12.0 Å². The van der Waals surface area contributed by atoms with Crippen molar-refractivity contribution in [2.24, 2.45) is 0 Å². The maximum Gasteiger partial charge on any atom is 0.246 e. The highest BCUT2D eigenvalue weighted by Gasteiger charge is 2.11. The fraction of sp³-hybridized carbons (Fsp3) is 0.438. The number of hydrogen-bond acceptors (Lipinski definition) is 2. The van der Waals surface area contributed by atoms with Crippen LogP contribution in [0.15, 0.2) is 24.3 Å². The normalized spacial score (nSPS) is 12.5. The van der Waals surface area contributed by atoms with E-state index >= 15 is 0 Å². The Balaban J connectivity index is 2.87. The van der Waals surface area contributed by atoms with Gasteiger partial charge in [-0.05, 0) is 38.5 Å². The van der Waals surface area contributed by atoms with Gasteiger partial charge in [0.15, 0.2) is 0 Å². The Kier molecular flexibility index (Phi) is 5.61. The number of benzene rings is 1. The molecule has 1 rings (SSSR count). The number of methoxy groups -OCH3 is 1. The van der Waals surface area contributed by atoms with Crippen LogP contribution in [-0.2, 0) is 4.79 Å². The lowest BCUT2D eigenvalue weighted by Gasteiger charge is -2.22. The van der Waals surface area contributed by atoms with Gasteiger partial charge in [0.2, 0.25) is 5.91 Å². The van der Waals surface area contributed by atoms with E-state index in [1.807, 2.05) is 45.2 Å². The van der Waals surface area contributed by atoms with Gasteiger partial charge >= 0.3 is 0 Å². The zero-order chi connectivity index (χ0) is 14.4. The molecule has 0 heterocycles. The lowest BCUT2D eigenvalue weighted by atomic mass is 10.1. The summed E-state index contributed by atoms with van der Waals surface area (Å²) in [4.78, 5) is 13.7. The number of aryl methyl sites for hydroxylation is 1. The number of hydrogen-bond donors (Lipinski definition) is 0. The molecule has 3 heteroatoms. The summed E-state index contributed by atoms with van der Waals surface area (Å²) in [5.74, 6) is 0.791. The maximum absolute atomic E-state index is 12.0. The standard InChI is InChI=1S/C16H23NO2/c1-6-13(3)17(4)16(18)10-8-14-11-12(2)7-9-15(14)19-5/h7-11,13H,6H2,1-5H3/b10-8+. The third-order valence-corrected chi connectivity index (χ3v) is 3.39. The topological polar surface area (TPSA) is 29.5 Å². The van der Waals surface area contributed by atoms with Crippen molar-refractivity contribution in [1.29, 1.82) is 0 Å². The molecule has 0 saturated heterocycles. The summed E-state index contributed by atoms with van der Waals surface area (Å²) < 4.78 is 5.29. The van der Waals surface area contributed by atoms with E-state index in [1.165, 1.54) is 0 Å². The number of nitrogens with zero attached hydrogens (tertiary/aromatic N) is 1. The number of rotatable bonds is 5. The van der Waals surface area contributed by atoms with Gasteiger partial charge in [-0.1, -0.05) is 18.6 Å². The molecule has 1 aromatic carbocycles. The van der Waals surface area contributed by atoms with E-state index in [0.29, 0.717) is 0 Å². The zero-order valence-electron chi connectivity index (χ0n) is 12.4. The maximum atomic E-state index is 12.0. The summed E-state index contributed by atoms with van der Waals surface area (Å²) in [5, 5.41) is 0. The molecular formula is C16H23NO2. The second kappa shape index (κ2) is 6.98. The van der Waals surface area contributed by atoms with Crippen LogP contribution in [0.3, 0.4) is 0 Å². The van der Waals surface area contributed by atoms with E-state index in [1.54, 1.807) is 18.1 Å². The fourth-order valence-corrected chi connectivity index (χ4v) is 1.75. The Labute approximate surface area is 115 Å². The van der Waals surface area contributed by atoms with E-state index in [0.717, 1.165) is 23.3 Å². The Morgan fingerprint density at radius 1 is 1.47 bits per heavy atom. The quantitative estimate of drug-likeness (QED) is 0.761.